The van der Waals surface area contributed by atoms with Gasteiger partial charge in [0.1, 0.15) is 0 Å². The summed E-state index contributed by atoms with van der Waals surface area (Å²) in [5, 5.41) is 12.4. The molecule has 0 atom stereocenters. The minimum absolute atomic E-state index is 0.359. The number of aryl methyl sites for hydroxylation is 1. The Morgan fingerprint density at radius 2 is 2.15 bits per heavy atom. The van der Waals surface area contributed by atoms with Crippen LogP contribution in [0.5, 0.6) is 11.5 Å². The molecule has 1 heterocycles. The Balaban J connectivity index is 2.29. The van der Waals surface area contributed by atoms with E-state index in [9.17, 15) is 4.79 Å². The Morgan fingerprint density at radius 1 is 1.35 bits per heavy atom. The number of rotatable bonds is 6. The van der Waals surface area contributed by atoms with E-state index in [0.29, 0.717) is 35.4 Å². The quantitative estimate of drug-likeness (QED) is 0.862. The van der Waals surface area contributed by atoms with Crippen LogP contribution in [-0.4, -0.2) is 34.4 Å². The minimum Gasteiger partial charge on any atom is -0.490 e. The van der Waals surface area contributed by atoms with Crippen molar-refractivity contribution in [2.75, 3.05) is 13.2 Å². The largest absolute Gasteiger partial charge is 0.490 e. The van der Waals surface area contributed by atoms with Gasteiger partial charge in [-0.3, -0.25) is 0 Å². The first-order valence-electron chi connectivity index (χ1n) is 6.02. The fourth-order valence-electron chi connectivity index (χ4n) is 1.59. The van der Waals surface area contributed by atoms with Gasteiger partial charge in [-0.2, -0.15) is 4.98 Å². The molecule has 0 saturated heterocycles. The summed E-state index contributed by atoms with van der Waals surface area (Å²) in [5.74, 6) is 0.648. The van der Waals surface area contributed by atoms with Crippen molar-refractivity contribution >= 4 is 5.97 Å². The standard InChI is InChI=1S/C13H14N2O5/c1-3-18-11-6-9(13-14-8(2)20-15-13)4-5-10(11)19-7-12(16)17/h4-6H,3,7H2,1-2H3,(H,16,17). The number of nitrogens with zero attached hydrogens (tertiary/aromatic N) is 2. The molecule has 0 aliphatic carbocycles. The van der Waals surface area contributed by atoms with E-state index >= 15 is 0 Å². The van der Waals surface area contributed by atoms with Crippen molar-refractivity contribution in [3.8, 4) is 22.9 Å². The van der Waals surface area contributed by atoms with Gasteiger partial charge in [-0.25, -0.2) is 4.79 Å². The van der Waals surface area contributed by atoms with E-state index in [1.54, 1.807) is 25.1 Å². The van der Waals surface area contributed by atoms with E-state index in [1.165, 1.54) is 0 Å². The topological polar surface area (TPSA) is 94.7 Å². The highest BCUT2D eigenvalue weighted by atomic mass is 16.5. The molecule has 7 nitrogen and oxygen atoms in total. The number of carboxylic acid groups (broad SMARTS) is 1. The van der Waals surface area contributed by atoms with Gasteiger partial charge in [-0.15, -0.1) is 0 Å². The molecular weight excluding hydrogens is 264 g/mol. The van der Waals surface area contributed by atoms with Crippen LogP contribution >= 0.6 is 0 Å². The fraction of sp³-hybridized carbons (Fsp3) is 0.308. The first kappa shape index (κ1) is 13.9. The van der Waals surface area contributed by atoms with E-state index in [4.69, 9.17) is 19.1 Å². The van der Waals surface area contributed by atoms with Gasteiger partial charge in [0.2, 0.25) is 11.7 Å². The number of aliphatic carboxylic acids is 1. The lowest BCUT2D eigenvalue weighted by Gasteiger charge is -2.11. The van der Waals surface area contributed by atoms with Crippen molar-refractivity contribution in [1.82, 2.24) is 10.1 Å². The lowest BCUT2D eigenvalue weighted by Crippen LogP contribution is -2.10. The molecule has 0 amide bonds. The smallest absolute Gasteiger partial charge is 0.341 e. The SMILES string of the molecule is CCOc1cc(-c2noc(C)n2)ccc1OCC(=O)O. The summed E-state index contributed by atoms with van der Waals surface area (Å²) in [7, 11) is 0. The van der Waals surface area contributed by atoms with E-state index in [1.807, 2.05) is 6.92 Å². The van der Waals surface area contributed by atoms with Crippen LogP contribution in [0, 0.1) is 6.92 Å². The molecule has 7 heteroatoms. The summed E-state index contributed by atoms with van der Waals surface area (Å²) in [4.78, 5) is 14.7. The second-order valence-electron chi connectivity index (χ2n) is 3.91. The van der Waals surface area contributed by atoms with Crippen LogP contribution in [-0.2, 0) is 4.79 Å². The molecule has 0 unspecified atom stereocenters. The third-order valence-electron chi connectivity index (χ3n) is 2.38. The van der Waals surface area contributed by atoms with E-state index in [0.717, 1.165) is 0 Å². The number of benzene rings is 1. The maximum atomic E-state index is 10.5. The van der Waals surface area contributed by atoms with Crippen molar-refractivity contribution in [1.29, 1.82) is 0 Å². The zero-order valence-electron chi connectivity index (χ0n) is 11.1. The molecule has 2 aromatic rings. The second kappa shape index (κ2) is 6.05. The molecule has 0 aliphatic rings. The van der Waals surface area contributed by atoms with Gasteiger partial charge in [0.15, 0.2) is 18.1 Å². The maximum Gasteiger partial charge on any atom is 0.341 e. The summed E-state index contributed by atoms with van der Waals surface area (Å²) in [5.41, 5.74) is 0.702. The highest BCUT2D eigenvalue weighted by Crippen LogP contribution is 2.31. The van der Waals surface area contributed by atoms with Crippen molar-refractivity contribution in [2.45, 2.75) is 13.8 Å². The molecule has 0 radical (unpaired) electrons. The van der Waals surface area contributed by atoms with E-state index in [2.05, 4.69) is 10.1 Å². The Morgan fingerprint density at radius 3 is 2.75 bits per heavy atom. The highest BCUT2D eigenvalue weighted by Gasteiger charge is 2.12. The van der Waals surface area contributed by atoms with Gasteiger partial charge in [-0.05, 0) is 25.1 Å². The fourth-order valence-corrected chi connectivity index (χ4v) is 1.59. The summed E-state index contributed by atoms with van der Waals surface area (Å²) in [6.07, 6.45) is 0. The van der Waals surface area contributed by atoms with Crippen molar-refractivity contribution in [3.05, 3.63) is 24.1 Å². The van der Waals surface area contributed by atoms with Crippen LogP contribution in [0.3, 0.4) is 0 Å². The van der Waals surface area contributed by atoms with E-state index < -0.39 is 12.6 Å². The van der Waals surface area contributed by atoms with Crippen LogP contribution in [0.4, 0.5) is 0 Å². The van der Waals surface area contributed by atoms with Gasteiger partial charge in [0.25, 0.3) is 0 Å². The normalized spacial score (nSPS) is 10.3. The molecule has 0 aliphatic heterocycles. The van der Waals surface area contributed by atoms with E-state index in [-0.39, 0.29) is 0 Å². The molecule has 20 heavy (non-hydrogen) atoms. The average molecular weight is 278 g/mol. The minimum atomic E-state index is -1.05. The van der Waals surface area contributed by atoms with Crippen molar-refractivity contribution < 1.29 is 23.9 Å². The average Bonchev–Trinajstić information content (AvgIpc) is 2.84. The molecular formula is C13H14N2O5. The second-order valence-corrected chi connectivity index (χ2v) is 3.91. The predicted octanol–water partition coefficient (Wildman–Crippen LogP) is 1.91. The molecule has 0 fully saturated rings. The molecule has 1 aromatic carbocycles. The van der Waals surface area contributed by atoms with Gasteiger partial charge >= 0.3 is 5.97 Å². The summed E-state index contributed by atoms with van der Waals surface area (Å²) >= 11 is 0. The number of carbonyl (C=O) groups is 1. The molecule has 2 rings (SSSR count). The Bertz CT molecular complexity index is 609. The Labute approximate surface area is 115 Å². The monoisotopic (exact) mass is 278 g/mol. The number of ether oxygens (including phenoxy) is 2. The van der Waals surface area contributed by atoms with Gasteiger partial charge in [0, 0.05) is 12.5 Å². The molecule has 0 saturated carbocycles. The third-order valence-corrected chi connectivity index (χ3v) is 2.38. The summed E-state index contributed by atoms with van der Waals surface area (Å²) in [6, 6.07) is 5.02. The Hall–Kier alpha value is -2.57. The van der Waals surface area contributed by atoms with Crippen LogP contribution in [0.1, 0.15) is 12.8 Å². The number of aromatic nitrogens is 2. The third kappa shape index (κ3) is 3.25. The number of hydrogen-bond acceptors (Lipinski definition) is 6. The van der Waals surface area contributed by atoms with Crippen LogP contribution in [0.2, 0.25) is 0 Å². The molecule has 0 spiro atoms. The lowest BCUT2D eigenvalue weighted by molar-refractivity contribution is -0.139. The lowest BCUT2D eigenvalue weighted by atomic mass is 10.2. The zero-order chi connectivity index (χ0) is 14.5. The summed E-state index contributed by atoms with van der Waals surface area (Å²) in [6.45, 7) is 3.52. The maximum absolute atomic E-state index is 10.5. The van der Waals surface area contributed by atoms with Gasteiger partial charge in [-0.1, -0.05) is 5.16 Å². The summed E-state index contributed by atoms with van der Waals surface area (Å²) < 4.78 is 15.5. The molecule has 1 N–H and O–H groups in total. The van der Waals surface area contributed by atoms with Gasteiger partial charge in [0.05, 0.1) is 6.61 Å². The highest BCUT2D eigenvalue weighted by molar-refractivity contribution is 5.69. The van der Waals surface area contributed by atoms with Crippen LogP contribution < -0.4 is 9.47 Å². The van der Waals surface area contributed by atoms with Crippen molar-refractivity contribution in [2.24, 2.45) is 0 Å². The zero-order valence-corrected chi connectivity index (χ0v) is 11.1. The molecule has 106 valence electrons. The molecule has 0 bridgehead atoms. The van der Waals surface area contributed by atoms with Gasteiger partial charge < -0.3 is 19.1 Å². The molecule has 1 aromatic heterocycles. The van der Waals surface area contributed by atoms with Crippen LogP contribution in [0.25, 0.3) is 11.4 Å². The number of hydrogen-bond donors (Lipinski definition) is 1. The number of carboxylic acids is 1. The predicted molar refractivity (Wildman–Crippen MR) is 68.8 cm³/mol. The Kier molecular flexibility index (Phi) is 4.19. The first-order chi connectivity index (χ1) is 9.60. The first-order valence-corrected chi connectivity index (χ1v) is 6.02. The van der Waals surface area contributed by atoms with Crippen molar-refractivity contribution in [3.63, 3.8) is 0 Å². The van der Waals surface area contributed by atoms with Crippen LogP contribution in [0.15, 0.2) is 22.7 Å².